The highest BCUT2D eigenvalue weighted by atomic mass is 15.3. The molecule has 0 unspecified atom stereocenters. The molecule has 1 saturated heterocycles. The van der Waals surface area contributed by atoms with Gasteiger partial charge in [-0.15, -0.1) is 0 Å². The maximum absolute atomic E-state index is 5.55. The first-order valence-electron chi connectivity index (χ1n) is 5.66. The number of hydrogen-bond acceptors (Lipinski definition) is 5. The maximum Gasteiger partial charge on any atom is 0.225 e. The lowest BCUT2D eigenvalue weighted by Gasteiger charge is -2.30. The van der Waals surface area contributed by atoms with Crippen LogP contribution in [0.5, 0.6) is 0 Å². The Labute approximate surface area is 99.1 Å². The molecule has 0 saturated carbocycles. The van der Waals surface area contributed by atoms with Crippen molar-refractivity contribution in [1.29, 1.82) is 0 Å². The number of nitrogen functional groups attached to an aromatic ring is 1. The quantitative estimate of drug-likeness (QED) is 0.832. The van der Waals surface area contributed by atoms with Crippen molar-refractivity contribution in [2.45, 2.75) is 13.0 Å². The SMILES string of the molecule is Nc1ccn(Cc2cnc(N3CCC3)nc2)n1. The van der Waals surface area contributed by atoms with Gasteiger partial charge >= 0.3 is 0 Å². The van der Waals surface area contributed by atoms with Crippen LogP contribution in [0.4, 0.5) is 11.8 Å². The Kier molecular flexibility index (Phi) is 2.40. The molecule has 3 rings (SSSR count). The van der Waals surface area contributed by atoms with Gasteiger partial charge in [-0.25, -0.2) is 9.97 Å². The van der Waals surface area contributed by atoms with Crippen LogP contribution in [0.1, 0.15) is 12.0 Å². The number of rotatable bonds is 3. The zero-order valence-electron chi connectivity index (χ0n) is 9.45. The lowest BCUT2D eigenvalue weighted by atomic mass is 10.2. The van der Waals surface area contributed by atoms with Gasteiger partial charge in [0.15, 0.2) is 0 Å². The monoisotopic (exact) mass is 230 g/mol. The van der Waals surface area contributed by atoms with Gasteiger partial charge in [-0.05, 0) is 12.5 Å². The van der Waals surface area contributed by atoms with Crippen LogP contribution in [0.15, 0.2) is 24.7 Å². The Morgan fingerprint density at radius 2 is 2.00 bits per heavy atom. The largest absolute Gasteiger partial charge is 0.382 e. The molecule has 0 aliphatic carbocycles. The second kappa shape index (κ2) is 4.04. The summed E-state index contributed by atoms with van der Waals surface area (Å²) in [6.07, 6.45) is 6.77. The summed E-state index contributed by atoms with van der Waals surface area (Å²) in [4.78, 5) is 10.9. The molecular weight excluding hydrogens is 216 g/mol. The molecule has 88 valence electrons. The minimum Gasteiger partial charge on any atom is -0.382 e. The molecule has 1 aliphatic heterocycles. The van der Waals surface area contributed by atoms with Gasteiger partial charge in [0.2, 0.25) is 5.95 Å². The van der Waals surface area contributed by atoms with E-state index in [1.54, 1.807) is 10.7 Å². The van der Waals surface area contributed by atoms with E-state index in [0.717, 1.165) is 24.6 Å². The summed E-state index contributed by atoms with van der Waals surface area (Å²) in [5.41, 5.74) is 6.58. The zero-order valence-corrected chi connectivity index (χ0v) is 9.45. The molecule has 0 spiro atoms. The van der Waals surface area contributed by atoms with Crippen LogP contribution in [-0.2, 0) is 6.54 Å². The van der Waals surface area contributed by atoms with E-state index in [1.165, 1.54) is 6.42 Å². The molecule has 6 nitrogen and oxygen atoms in total. The van der Waals surface area contributed by atoms with Gasteiger partial charge < -0.3 is 10.6 Å². The average molecular weight is 230 g/mol. The minimum atomic E-state index is 0.531. The van der Waals surface area contributed by atoms with E-state index < -0.39 is 0 Å². The zero-order chi connectivity index (χ0) is 11.7. The van der Waals surface area contributed by atoms with Crippen molar-refractivity contribution in [1.82, 2.24) is 19.7 Å². The van der Waals surface area contributed by atoms with Crippen molar-refractivity contribution in [2.75, 3.05) is 23.7 Å². The van der Waals surface area contributed by atoms with E-state index in [2.05, 4.69) is 20.0 Å². The van der Waals surface area contributed by atoms with Gasteiger partial charge in [-0.3, -0.25) is 4.68 Å². The number of nitrogens with two attached hydrogens (primary N) is 1. The summed E-state index contributed by atoms with van der Waals surface area (Å²) in [6, 6.07) is 1.77. The van der Waals surface area contributed by atoms with E-state index in [4.69, 9.17) is 5.73 Å². The summed E-state index contributed by atoms with van der Waals surface area (Å²) in [5.74, 6) is 1.35. The van der Waals surface area contributed by atoms with Crippen molar-refractivity contribution in [3.8, 4) is 0 Å². The Hall–Kier alpha value is -2.11. The van der Waals surface area contributed by atoms with Crippen molar-refractivity contribution >= 4 is 11.8 Å². The van der Waals surface area contributed by atoms with Crippen LogP contribution >= 0.6 is 0 Å². The fraction of sp³-hybridized carbons (Fsp3) is 0.364. The van der Waals surface area contributed by atoms with Gasteiger partial charge in [0, 0.05) is 37.2 Å². The highest BCUT2D eigenvalue weighted by molar-refractivity contribution is 5.32. The molecular formula is C11H14N6. The molecule has 1 aliphatic rings. The standard InChI is InChI=1S/C11H14N6/c12-10-2-5-17(15-10)8-9-6-13-11(14-7-9)16-3-1-4-16/h2,5-7H,1,3-4,8H2,(H2,12,15). The van der Waals surface area contributed by atoms with Gasteiger partial charge in [-0.2, -0.15) is 5.10 Å². The summed E-state index contributed by atoms with van der Waals surface area (Å²) in [5, 5.41) is 4.12. The predicted octanol–water partition coefficient (Wildman–Crippen LogP) is 0.514. The average Bonchev–Trinajstić information content (AvgIpc) is 2.64. The first-order valence-corrected chi connectivity index (χ1v) is 5.66. The van der Waals surface area contributed by atoms with Gasteiger partial charge in [-0.1, -0.05) is 0 Å². The second-order valence-electron chi connectivity index (χ2n) is 4.17. The smallest absolute Gasteiger partial charge is 0.225 e. The van der Waals surface area contributed by atoms with E-state index in [9.17, 15) is 0 Å². The Bertz CT molecular complexity index is 499. The molecule has 3 heterocycles. The highest BCUT2D eigenvalue weighted by Gasteiger charge is 2.16. The van der Waals surface area contributed by atoms with Crippen molar-refractivity contribution in [3.05, 3.63) is 30.2 Å². The van der Waals surface area contributed by atoms with Crippen LogP contribution < -0.4 is 10.6 Å². The molecule has 1 fully saturated rings. The maximum atomic E-state index is 5.55. The molecule has 0 amide bonds. The van der Waals surface area contributed by atoms with Crippen molar-refractivity contribution < 1.29 is 0 Å². The summed E-state index contributed by atoms with van der Waals surface area (Å²) in [6.45, 7) is 2.78. The molecule has 2 aromatic heterocycles. The molecule has 2 N–H and O–H groups in total. The molecule has 0 aromatic carbocycles. The molecule has 0 atom stereocenters. The summed E-state index contributed by atoms with van der Waals surface area (Å²) < 4.78 is 1.78. The van der Waals surface area contributed by atoms with Gasteiger partial charge in [0.1, 0.15) is 5.82 Å². The number of anilines is 2. The van der Waals surface area contributed by atoms with E-state index in [-0.39, 0.29) is 0 Å². The van der Waals surface area contributed by atoms with Gasteiger partial charge in [0.05, 0.1) is 6.54 Å². The highest BCUT2D eigenvalue weighted by Crippen LogP contribution is 2.14. The van der Waals surface area contributed by atoms with Gasteiger partial charge in [0.25, 0.3) is 0 Å². The van der Waals surface area contributed by atoms with Crippen molar-refractivity contribution in [2.24, 2.45) is 0 Å². The van der Waals surface area contributed by atoms with E-state index in [0.29, 0.717) is 12.4 Å². The Morgan fingerprint density at radius 1 is 1.24 bits per heavy atom. The van der Waals surface area contributed by atoms with Crippen LogP contribution in [-0.4, -0.2) is 32.8 Å². The Balaban J connectivity index is 1.71. The van der Waals surface area contributed by atoms with Crippen LogP contribution in [0.3, 0.4) is 0 Å². The first-order chi connectivity index (χ1) is 8.31. The summed E-state index contributed by atoms with van der Waals surface area (Å²) in [7, 11) is 0. The van der Waals surface area contributed by atoms with E-state index in [1.807, 2.05) is 18.6 Å². The molecule has 17 heavy (non-hydrogen) atoms. The third-order valence-electron chi connectivity index (χ3n) is 2.84. The lowest BCUT2D eigenvalue weighted by Crippen LogP contribution is -2.38. The minimum absolute atomic E-state index is 0.531. The second-order valence-corrected chi connectivity index (χ2v) is 4.17. The van der Waals surface area contributed by atoms with Crippen molar-refractivity contribution in [3.63, 3.8) is 0 Å². The third-order valence-corrected chi connectivity index (χ3v) is 2.84. The fourth-order valence-corrected chi connectivity index (χ4v) is 1.76. The Morgan fingerprint density at radius 3 is 2.53 bits per heavy atom. The van der Waals surface area contributed by atoms with Crippen LogP contribution in [0.2, 0.25) is 0 Å². The summed E-state index contributed by atoms with van der Waals surface area (Å²) >= 11 is 0. The predicted molar refractivity (Wildman–Crippen MR) is 64.6 cm³/mol. The number of nitrogens with zero attached hydrogens (tertiary/aromatic N) is 5. The first kappa shape index (κ1) is 10.1. The lowest BCUT2D eigenvalue weighted by molar-refractivity contribution is 0.598. The topological polar surface area (TPSA) is 72.9 Å². The molecule has 0 bridgehead atoms. The normalized spacial score (nSPS) is 14.7. The molecule has 0 radical (unpaired) electrons. The third kappa shape index (κ3) is 2.06. The number of aromatic nitrogens is 4. The molecule has 2 aromatic rings. The molecule has 6 heteroatoms. The van der Waals surface area contributed by atoms with Crippen LogP contribution in [0.25, 0.3) is 0 Å². The van der Waals surface area contributed by atoms with Crippen LogP contribution in [0, 0.1) is 0 Å². The number of hydrogen-bond donors (Lipinski definition) is 1. The fourth-order valence-electron chi connectivity index (χ4n) is 1.76. The van der Waals surface area contributed by atoms with E-state index >= 15 is 0 Å².